The highest BCUT2D eigenvalue weighted by atomic mass is 32.2. The van der Waals surface area contributed by atoms with Gasteiger partial charge in [-0.05, 0) is 84.0 Å². The molecule has 0 fully saturated rings. The maximum atomic E-state index is 12.5. The minimum absolute atomic E-state index is 0. The molecule has 5 N–H and O–H groups in total. The smallest absolute Gasteiger partial charge is 0.227 e. The average Bonchev–Trinajstić information content (AvgIpc) is 3.19. The predicted molar refractivity (Wildman–Crippen MR) is 178 cm³/mol. The van der Waals surface area contributed by atoms with E-state index in [4.69, 9.17) is 5.90 Å². The molecule has 1 amide bonds. The Kier molecular flexibility index (Phi) is 16.3. The number of hydrogen-bond acceptors (Lipinski definition) is 7. The summed E-state index contributed by atoms with van der Waals surface area (Å²) in [6.07, 6.45) is 7.43. The number of carbonyl (C=O) groups is 2. The van der Waals surface area contributed by atoms with E-state index in [0.717, 1.165) is 69.1 Å². The molecule has 0 saturated heterocycles. The molecule has 1 aromatic carbocycles. The normalized spacial score (nSPS) is 12.1. The van der Waals surface area contributed by atoms with Crippen molar-refractivity contribution in [3.05, 3.63) is 23.3 Å². The van der Waals surface area contributed by atoms with Crippen LogP contribution < -0.4 is 5.90 Å². The summed E-state index contributed by atoms with van der Waals surface area (Å²) in [6.45, 7) is 15.8. The van der Waals surface area contributed by atoms with Crippen LogP contribution in [0.15, 0.2) is 17.2 Å². The number of carbonyl (C=O) groups excluding carboxylic acids is 2. The highest BCUT2D eigenvalue weighted by Crippen LogP contribution is 2.37. The number of Topliss-reactive ketones (excluding diaryl/α,β-unsaturated/α-hetero) is 1. The Hall–Kier alpha value is -2.11. The Balaban J connectivity index is 0.00000924. The minimum atomic E-state index is -0.0266. The van der Waals surface area contributed by atoms with Gasteiger partial charge in [0.2, 0.25) is 10.9 Å². The lowest BCUT2D eigenvalue weighted by Crippen LogP contribution is -2.28. The number of aromatic amines is 1. The Bertz CT molecular complexity index is 1150. The van der Waals surface area contributed by atoms with Gasteiger partial charge in [-0.2, -0.15) is 0 Å². The molecule has 0 bridgehead atoms. The number of fused-ring (bicyclic) bond motifs is 1. The first-order valence-electron chi connectivity index (χ1n) is 15.5. The molecular weight excluding hydrogens is 564 g/mol. The number of thiol groups is 1. The zero-order valence-electron chi connectivity index (χ0n) is 27.9. The summed E-state index contributed by atoms with van der Waals surface area (Å²) in [4.78, 5) is 36.1. The highest BCUT2D eigenvalue weighted by Gasteiger charge is 2.30. The van der Waals surface area contributed by atoms with Crippen LogP contribution in [-0.4, -0.2) is 75.6 Å². The van der Waals surface area contributed by atoms with Gasteiger partial charge < -0.3 is 25.4 Å². The minimum Gasteiger partial charge on any atom is -0.870 e. The van der Waals surface area contributed by atoms with Crippen molar-refractivity contribution in [2.75, 3.05) is 33.8 Å². The zero-order valence-corrected chi connectivity index (χ0v) is 28.8. The molecular formula is C33H58N4O5S. The number of ketones is 1. The van der Waals surface area contributed by atoms with Gasteiger partial charge in [0.1, 0.15) is 17.1 Å². The van der Waals surface area contributed by atoms with Crippen LogP contribution in [0.4, 0.5) is 0 Å². The molecule has 10 heteroatoms. The second-order valence-corrected chi connectivity index (χ2v) is 16.0. The fourth-order valence-corrected chi connectivity index (χ4v) is 6.34. The van der Waals surface area contributed by atoms with Crippen LogP contribution >= 0.6 is 0 Å². The van der Waals surface area contributed by atoms with Crippen molar-refractivity contribution in [1.29, 1.82) is 0 Å². The molecule has 0 aliphatic rings. The number of aromatic nitrogens is 1. The Morgan fingerprint density at radius 2 is 1.56 bits per heavy atom. The number of H-pyrrole nitrogens is 1. The summed E-state index contributed by atoms with van der Waals surface area (Å²) in [5.74, 6) is 5.45. The second-order valence-electron chi connectivity index (χ2n) is 14.0. The van der Waals surface area contributed by atoms with Gasteiger partial charge in [0.05, 0.1) is 5.52 Å². The number of nitrogens with one attached hydrogen (secondary N) is 1. The largest absolute Gasteiger partial charge is 0.870 e. The molecule has 2 aromatic rings. The molecule has 0 radical (unpaired) electrons. The maximum Gasteiger partial charge on any atom is 0.227 e. The molecule has 43 heavy (non-hydrogen) atoms. The number of rotatable bonds is 18. The first kappa shape index (κ1) is 38.9. The first-order chi connectivity index (χ1) is 19.6. The van der Waals surface area contributed by atoms with E-state index in [1.54, 1.807) is 0 Å². The summed E-state index contributed by atoms with van der Waals surface area (Å²) < 4.78 is 0.128. The van der Waals surface area contributed by atoms with E-state index >= 15 is 0 Å². The number of nitrogens with zero attached hydrogens (tertiary/aromatic N) is 2. The number of amides is 1. The van der Waals surface area contributed by atoms with Crippen molar-refractivity contribution in [1.82, 2.24) is 14.8 Å². The number of phenols is 1. The number of nitrogens with two attached hydrogens (primary N) is 1. The molecule has 0 aliphatic carbocycles. The van der Waals surface area contributed by atoms with Crippen molar-refractivity contribution >= 4 is 34.4 Å². The molecule has 0 unspecified atom stereocenters. The van der Waals surface area contributed by atoms with Crippen LogP contribution in [0.5, 0.6) is 5.75 Å². The van der Waals surface area contributed by atoms with Crippen LogP contribution in [-0.2, 0) is 39.2 Å². The third kappa shape index (κ3) is 14.0. The van der Waals surface area contributed by atoms with Crippen molar-refractivity contribution in [3.63, 3.8) is 0 Å². The summed E-state index contributed by atoms with van der Waals surface area (Å²) in [7, 11) is 3.97. The maximum absolute atomic E-state index is 12.5. The molecule has 246 valence electrons. The van der Waals surface area contributed by atoms with Crippen LogP contribution in [0.1, 0.15) is 104 Å². The van der Waals surface area contributed by atoms with Gasteiger partial charge in [0, 0.05) is 61.3 Å². The summed E-state index contributed by atoms with van der Waals surface area (Å²) >= 11 is 1.26. The van der Waals surface area contributed by atoms with Crippen LogP contribution in [0.2, 0.25) is 0 Å². The first-order valence-corrected chi connectivity index (χ1v) is 16.3. The monoisotopic (exact) mass is 622 g/mol. The Morgan fingerprint density at radius 1 is 0.930 bits per heavy atom. The molecule has 9 nitrogen and oxygen atoms in total. The summed E-state index contributed by atoms with van der Waals surface area (Å²) in [5.41, 5.74) is 3.51. The van der Waals surface area contributed by atoms with Crippen molar-refractivity contribution in [2.45, 2.75) is 116 Å². The topological polar surface area (TPSA) is 142 Å². The van der Waals surface area contributed by atoms with E-state index in [2.05, 4.69) is 69.4 Å². The fourth-order valence-electron chi connectivity index (χ4n) is 5.16. The lowest BCUT2D eigenvalue weighted by molar-refractivity contribution is -0.130. The standard InChI is InChI=1S/C33H56N4O4S.H2O/c1-32(2,3)21-26-25-17-18-28(39)27(30(25)35-31(26)42-33(4,5)6)22-36(7)19-13-14-20-37(8)29(40)16-12-10-9-11-15-24(38)23-41-34;/h17-18,35,39H,9-16,19-23,34H2,1-8H3;1H2. The van der Waals surface area contributed by atoms with Gasteiger partial charge >= 0.3 is 0 Å². The molecule has 2 rings (SSSR count). The third-order valence-corrected chi connectivity index (χ3v) is 8.55. The lowest BCUT2D eigenvalue weighted by Gasteiger charge is -2.20. The van der Waals surface area contributed by atoms with Crippen LogP contribution in [0, 0.1) is 5.41 Å². The third-order valence-electron chi connectivity index (χ3n) is 7.27. The SMILES string of the molecule is CN(CCCCN(C)C(=O)CCCCCCC(=O)CON)Cc1c(O)ccc2c(CC(C)(C)C)c([SH+]C(C)(C)C)[nH]c12.[OH-]. The van der Waals surface area contributed by atoms with E-state index in [0.29, 0.717) is 25.1 Å². The quantitative estimate of drug-likeness (QED) is 0.0834. The Morgan fingerprint density at radius 3 is 2.16 bits per heavy atom. The van der Waals surface area contributed by atoms with Crippen LogP contribution in [0.3, 0.4) is 0 Å². The number of aromatic hydroxyl groups is 1. The molecule has 1 aromatic heterocycles. The van der Waals surface area contributed by atoms with E-state index in [-0.39, 0.29) is 33.9 Å². The second kappa shape index (κ2) is 18.0. The molecule has 0 aliphatic heterocycles. The molecule has 0 spiro atoms. The van der Waals surface area contributed by atoms with E-state index in [1.807, 2.05) is 18.0 Å². The van der Waals surface area contributed by atoms with E-state index in [9.17, 15) is 14.7 Å². The van der Waals surface area contributed by atoms with E-state index < -0.39 is 0 Å². The summed E-state index contributed by atoms with van der Waals surface area (Å²) in [6, 6.07) is 3.92. The average molecular weight is 623 g/mol. The predicted octanol–water partition coefficient (Wildman–Crippen LogP) is 5.73. The van der Waals surface area contributed by atoms with Gasteiger partial charge in [0.25, 0.3) is 0 Å². The van der Waals surface area contributed by atoms with Crippen molar-refractivity contribution in [3.8, 4) is 5.75 Å². The van der Waals surface area contributed by atoms with Gasteiger partial charge in [-0.25, -0.2) is 5.90 Å². The van der Waals surface area contributed by atoms with Crippen molar-refractivity contribution in [2.24, 2.45) is 11.3 Å². The number of unbranched alkanes of at least 4 members (excludes halogenated alkanes) is 4. The van der Waals surface area contributed by atoms with Crippen molar-refractivity contribution < 1.29 is 25.0 Å². The van der Waals surface area contributed by atoms with Gasteiger partial charge in [-0.1, -0.05) is 33.6 Å². The molecule has 0 atom stereocenters. The van der Waals surface area contributed by atoms with Gasteiger partial charge in [-0.3, -0.25) is 14.4 Å². The fraction of sp³-hybridized carbons (Fsp3) is 0.697. The number of phenolic OH excluding ortho intramolecular Hbond substituents is 1. The van der Waals surface area contributed by atoms with E-state index in [1.165, 1.54) is 27.7 Å². The number of benzene rings is 1. The lowest BCUT2D eigenvalue weighted by atomic mass is 9.88. The number of hydrogen-bond donors (Lipinski definition) is 3. The molecule has 1 heterocycles. The van der Waals surface area contributed by atoms with Gasteiger partial charge in [-0.15, -0.1) is 0 Å². The van der Waals surface area contributed by atoms with Crippen LogP contribution in [0.25, 0.3) is 10.9 Å². The van der Waals surface area contributed by atoms with Gasteiger partial charge in [0.15, 0.2) is 5.78 Å². The highest BCUT2D eigenvalue weighted by molar-refractivity contribution is 7.80. The Labute approximate surface area is 263 Å². The summed E-state index contributed by atoms with van der Waals surface area (Å²) in [5, 5.41) is 13.3. The molecule has 0 saturated carbocycles. The zero-order chi connectivity index (χ0) is 31.5.